The van der Waals surface area contributed by atoms with Crippen molar-refractivity contribution in [3.8, 4) is 11.8 Å². The molecule has 1 heterocycles. The van der Waals surface area contributed by atoms with Crippen LogP contribution in [0.4, 0.5) is 13.2 Å². The van der Waals surface area contributed by atoms with Crippen LogP contribution in [0.25, 0.3) is 0 Å². The van der Waals surface area contributed by atoms with Gasteiger partial charge in [0.25, 0.3) is 5.91 Å². The summed E-state index contributed by atoms with van der Waals surface area (Å²) in [7, 11) is 0. The number of aromatic nitrogens is 1. The third-order valence-electron chi connectivity index (χ3n) is 2.02. The summed E-state index contributed by atoms with van der Waals surface area (Å²) in [5, 5.41) is 11.0. The summed E-state index contributed by atoms with van der Waals surface area (Å²) in [4.78, 5) is 15.6. The fourth-order valence-electron chi connectivity index (χ4n) is 1.25. The summed E-state index contributed by atoms with van der Waals surface area (Å²) in [6.07, 6.45) is 2.73. The number of rotatable bonds is 4. The van der Waals surface area contributed by atoms with E-state index >= 15 is 0 Å². The molecule has 0 saturated carbocycles. The van der Waals surface area contributed by atoms with E-state index in [-0.39, 0.29) is 36.2 Å². The Bertz CT molecular complexity index is 523. The lowest BCUT2D eigenvalue weighted by molar-refractivity contribution is -0.0327. The van der Waals surface area contributed by atoms with Crippen molar-refractivity contribution < 1.29 is 23.1 Å². The predicted octanol–water partition coefficient (Wildman–Crippen LogP) is 1.41. The van der Waals surface area contributed by atoms with E-state index < -0.39 is 11.4 Å². The average molecular weight is 304 g/mol. The number of carbonyl (C=O) groups is 1. The summed E-state index contributed by atoms with van der Waals surface area (Å²) in [5.74, 6) is 4.13. The zero-order valence-corrected chi connectivity index (χ0v) is 11.0. The number of carbonyl (C=O) groups excluding carboxylic acids is 1. The standard InChI is InChI=1S/C12H11F3N2O2S/c13-12(14,15)20-7-5-17-11(19)10-3-4-16-8-9(10)2-1-6-18/h3-4,8,18H,5-7H2,(H,17,19). The van der Waals surface area contributed by atoms with E-state index in [1.165, 1.54) is 18.5 Å². The van der Waals surface area contributed by atoms with Crippen LogP contribution in [0.1, 0.15) is 15.9 Å². The van der Waals surface area contributed by atoms with Crippen LogP contribution in [0.3, 0.4) is 0 Å². The molecule has 8 heteroatoms. The van der Waals surface area contributed by atoms with E-state index in [0.717, 1.165) is 0 Å². The smallest absolute Gasteiger partial charge is 0.384 e. The van der Waals surface area contributed by atoms with Crippen molar-refractivity contribution >= 4 is 17.7 Å². The fraction of sp³-hybridized carbons (Fsp3) is 0.333. The highest BCUT2D eigenvalue weighted by molar-refractivity contribution is 8.00. The van der Waals surface area contributed by atoms with Crippen LogP contribution < -0.4 is 5.32 Å². The molecular formula is C12H11F3N2O2S. The summed E-state index contributed by atoms with van der Waals surface area (Å²) in [6, 6.07) is 1.41. The van der Waals surface area contributed by atoms with Gasteiger partial charge in [0.1, 0.15) is 6.61 Å². The highest BCUT2D eigenvalue weighted by atomic mass is 32.2. The van der Waals surface area contributed by atoms with Crippen LogP contribution in [0.15, 0.2) is 18.5 Å². The van der Waals surface area contributed by atoms with Crippen molar-refractivity contribution in [1.29, 1.82) is 0 Å². The number of alkyl halides is 3. The Balaban J connectivity index is 2.60. The second kappa shape index (κ2) is 7.77. The van der Waals surface area contributed by atoms with Crippen molar-refractivity contribution in [2.24, 2.45) is 0 Å². The first-order chi connectivity index (χ1) is 9.44. The van der Waals surface area contributed by atoms with Crippen LogP contribution in [0.5, 0.6) is 0 Å². The maximum atomic E-state index is 11.9. The summed E-state index contributed by atoms with van der Waals surface area (Å²) < 4.78 is 35.7. The van der Waals surface area contributed by atoms with Gasteiger partial charge >= 0.3 is 5.51 Å². The minimum atomic E-state index is -4.31. The highest BCUT2D eigenvalue weighted by Gasteiger charge is 2.27. The second-order valence-electron chi connectivity index (χ2n) is 3.43. The van der Waals surface area contributed by atoms with Crippen LogP contribution in [-0.2, 0) is 0 Å². The van der Waals surface area contributed by atoms with Crippen molar-refractivity contribution in [2.45, 2.75) is 5.51 Å². The minimum absolute atomic E-state index is 0.113. The molecule has 0 atom stereocenters. The number of pyridine rings is 1. The predicted molar refractivity (Wildman–Crippen MR) is 69.0 cm³/mol. The molecule has 0 spiro atoms. The molecule has 1 aromatic rings. The van der Waals surface area contributed by atoms with E-state index in [1.54, 1.807) is 0 Å². The van der Waals surface area contributed by atoms with Gasteiger partial charge in [-0.05, 0) is 17.8 Å². The number of nitrogens with zero attached hydrogens (tertiary/aromatic N) is 1. The van der Waals surface area contributed by atoms with Crippen molar-refractivity contribution in [2.75, 3.05) is 18.9 Å². The number of halogens is 3. The minimum Gasteiger partial charge on any atom is -0.384 e. The molecule has 0 radical (unpaired) electrons. The Hall–Kier alpha value is -1.72. The van der Waals surface area contributed by atoms with Gasteiger partial charge in [0.05, 0.1) is 11.1 Å². The van der Waals surface area contributed by atoms with E-state index in [9.17, 15) is 18.0 Å². The first-order valence-corrected chi connectivity index (χ1v) is 6.45. The molecule has 4 nitrogen and oxygen atoms in total. The third kappa shape index (κ3) is 5.95. The molecule has 0 aromatic carbocycles. The second-order valence-corrected chi connectivity index (χ2v) is 4.59. The highest BCUT2D eigenvalue weighted by Crippen LogP contribution is 2.29. The van der Waals surface area contributed by atoms with Crippen LogP contribution in [0, 0.1) is 11.8 Å². The van der Waals surface area contributed by atoms with Gasteiger partial charge in [0.15, 0.2) is 0 Å². The van der Waals surface area contributed by atoms with Gasteiger partial charge in [-0.25, -0.2) is 0 Å². The molecule has 1 amide bonds. The normalized spacial score (nSPS) is 10.6. The fourth-order valence-corrected chi connectivity index (χ4v) is 1.69. The van der Waals surface area contributed by atoms with Crippen LogP contribution in [-0.4, -0.2) is 40.4 Å². The van der Waals surface area contributed by atoms with E-state index in [2.05, 4.69) is 22.1 Å². The molecule has 0 aliphatic rings. The maximum Gasteiger partial charge on any atom is 0.441 e. The Kier molecular flexibility index (Phi) is 6.35. The van der Waals surface area contributed by atoms with Gasteiger partial charge in [-0.2, -0.15) is 13.2 Å². The number of amides is 1. The molecule has 1 aromatic heterocycles. The molecule has 0 bridgehead atoms. The van der Waals surface area contributed by atoms with Gasteiger partial charge in [-0.1, -0.05) is 11.8 Å². The number of hydrogen-bond donors (Lipinski definition) is 2. The van der Waals surface area contributed by atoms with Crippen molar-refractivity contribution in [3.05, 3.63) is 29.6 Å². The molecule has 2 N–H and O–H groups in total. The number of nitrogens with one attached hydrogen (secondary N) is 1. The lowest BCUT2D eigenvalue weighted by Crippen LogP contribution is -2.27. The summed E-state index contributed by atoms with van der Waals surface area (Å²) >= 11 is -0.199. The quantitative estimate of drug-likeness (QED) is 0.652. The SMILES string of the molecule is O=C(NCCSC(F)(F)F)c1ccncc1C#CCO. The monoisotopic (exact) mass is 304 g/mol. The lowest BCUT2D eigenvalue weighted by atomic mass is 10.1. The topological polar surface area (TPSA) is 62.2 Å². The van der Waals surface area contributed by atoms with Gasteiger partial charge < -0.3 is 10.4 Å². The lowest BCUT2D eigenvalue weighted by Gasteiger charge is -2.08. The van der Waals surface area contributed by atoms with Crippen molar-refractivity contribution in [3.63, 3.8) is 0 Å². The Morgan fingerprint density at radius 1 is 1.50 bits per heavy atom. The van der Waals surface area contributed by atoms with Gasteiger partial charge in [-0.15, -0.1) is 0 Å². The van der Waals surface area contributed by atoms with Crippen LogP contribution >= 0.6 is 11.8 Å². The Morgan fingerprint density at radius 2 is 2.25 bits per heavy atom. The van der Waals surface area contributed by atoms with E-state index in [1.807, 2.05) is 0 Å². The third-order valence-corrected chi connectivity index (χ3v) is 2.76. The average Bonchev–Trinajstić information content (AvgIpc) is 2.40. The van der Waals surface area contributed by atoms with Gasteiger partial charge in [0.2, 0.25) is 0 Å². The Labute approximate surface area is 117 Å². The summed E-state index contributed by atoms with van der Waals surface area (Å²) in [6.45, 7) is -0.476. The Morgan fingerprint density at radius 3 is 2.90 bits per heavy atom. The number of aliphatic hydroxyl groups excluding tert-OH is 1. The molecule has 0 aliphatic heterocycles. The zero-order valence-electron chi connectivity index (χ0n) is 10.2. The molecule has 0 saturated heterocycles. The van der Waals surface area contributed by atoms with E-state index in [4.69, 9.17) is 5.11 Å². The van der Waals surface area contributed by atoms with Crippen molar-refractivity contribution in [1.82, 2.24) is 10.3 Å². The van der Waals surface area contributed by atoms with Crippen LogP contribution in [0.2, 0.25) is 0 Å². The molecule has 0 fully saturated rings. The molecule has 108 valence electrons. The number of thioether (sulfide) groups is 1. The summed E-state index contributed by atoms with van der Waals surface area (Å²) in [5.41, 5.74) is -3.79. The number of aliphatic hydroxyl groups is 1. The molecule has 0 aliphatic carbocycles. The molecule has 1 rings (SSSR count). The first kappa shape index (κ1) is 16.3. The molecular weight excluding hydrogens is 293 g/mol. The van der Waals surface area contributed by atoms with E-state index in [0.29, 0.717) is 5.56 Å². The molecule has 0 unspecified atom stereocenters. The maximum absolute atomic E-state index is 11.9. The largest absolute Gasteiger partial charge is 0.441 e. The zero-order chi connectivity index (χ0) is 15.0. The first-order valence-electron chi connectivity index (χ1n) is 5.46. The van der Waals surface area contributed by atoms with Gasteiger partial charge in [0, 0.05) is 24.7 Å². The van der Waals surface area contributed by atoms with Gasteiger partial charge in [-0.3, -0.25) is 9.78 Å². The number of hydrogen-bond acceptors (Lipinski definition) is 4. The molecule has 20 heavy (non-hydrogen) atoms.